The minimum Gasteiger partial charge on any atom is -0.405 e. The third-order valence-electron chi connectivity index (χ3n) is 4.39. The molecule has 0 saturated carbocycles. The number of ether oxygens (including phenoxy) is 1. The Kier molecular flexibility index (Phi) is 4.67. The summed E-state index contributed by atoms with van der Waals surface area (Å²) in [4.78, 5) is 12.9. The Hall–Kier alpha value is -3.27. The average molecular weight is 350 g/mol. The van der Waals surface area contributed by atoms with Gasteiger partial charge >= 0.3 is 0 Å². The third-order valence-corrected chi connectivity index (χ3v) is 4.39. The summed E-state index contributed by atoms with van der Waals surface area (Å²) in [6, 6.07) is 10.2. The van der Waals surface area contributed by atoms with Crippen molar-refractivity contribution in [2.45, 2.75) is 13.2 Å². The van der Waals surface area contributed by atoms with Gasteiger partial charge in [0, 0.05) is 23.7 Å². The maximum atomic E-state index is 12.9. The van der Waals surface area contributed by atoms with Crippen molar-refractivity contribution in [1.29, 1.82) is 0 Å². The van der Waals surface area contributed by atoms with E-state index < -0.39 is 0 Å². The van der Waals surface area contributed by atoms with Crippen LogP contribution in [0, 0.1) is 12.5 Å². The lowest BCUT2D eigenvalue weighted by Crippen LogP contribution is -2.20. The van der Waals surface area contributed by atoms with Crippen molar-refractivity contribution < 1.29 is 14.9 Å². The number of nitrogens with two attached hydrogens (primary N) is 1. The fraction of sp³-hybridized carbons (Fsp3) is 0.150. The van der Waals surface area contributed by atoms with Gasteiger partial charge < -0.3 is 25.3 Å². The van der Waals surface area contributed by atoms with Crippen LogP contribution < -0.4 is 16.0 Å². The minimum absolute atomic E-state index is 0.290. The van der Waals surface area contributed by atoms with Gasteiger partial charge in [-0.05, 0) is 29.3 Å². The smallest absolute Gasteiger partial charge is 0.258 e. The molecule has 2 aromatic carbocycles. The standard InChI is InChI=1S/C20H18N2O4/c1-3-26-19-15-8-12(10-23)13(11-24)9-16(15)20(25)22(2)18(19)14-6-4-5-7-17(14)21/h1,4-9,23-24H,10-11,21H2,2H3. The number of pyridine rings is 1. The average Bonchev–Trinajstić information content (AvgIpc) is 2.66. The Balaban J connectivity index is 2.52. The number of nitrogen functional groups attached to an aromatic ring is 1. The summed E-state index contributed by atoms with van der Waals surface area (Å²) < 4.78 is 6.85. The quantitative estimate of drug-likeness (QED) is 0.492. The molecule has 26 heavy (non-hydrogen) atoms. The van der Waals surface area contributed by atoms with Crippen molar-refractivity contribution in [1.82, 2.24) is 4.57 Å². The molecule has 3 aromatic rings. The molecule has 0 aliphatic carbocycles. The molecule has 1 heterocycles. The van der Waals surface area contributed by atoms with Gasteiger partial charge in [-0.15, -0.1) is 0 Å². The first-order valence-corrected chi connectivity index (χ1v) is 7.91. The van der Waals surface area contributed by atoms with E-state index in [0.29, 0.717) is 44.6 Å². The second kappa shape index (κ2) is 6.92. The van der Waals surface area contributed by atoms with Crippen molar-refractivity contribution in [2.75, 3.05) is 5.73 Å². The summed E-state index contributed by atoms with van der Waals surface area (Å²) >= 11 is 0. The van der Waals surface area contributed by atoms with Gasteiger partial charge in [-0.3, -0.25) is 4.79 Å². The largest absolute Gasteiger partial charge is 0.405 e. The summed E-state index contributed by atoms with van der Waals surface area (Å²) in [6.45, 7) is -0.590. The number of rotatable bonds is 4. The Morgan fingerprint density at radius 1 is 1.15 bits per heavy atom. The summed E-state index contributed by atoms with van der Waals surface area (Å²) in [5, 5.41) is 19.9. The van der Waals surface area contributed by atoms with E-state index in [0.717, 1.165) is 0 Å². The van der Waals surface area contributed by atoms with E-state index >= 15 is 0 Å². The lowest BCUT2D eigenvalue weighted by Gasteiger charge is -2.18. The monoisotopic (exact) mass is 350 g/mol. The van der Waals surface area contributed by atoms with Crippen LogP contribution in [0.3, 0.4) is 0 Å². The lowest BCUT2D eigenvalue weighted by molar-refractivity contribution is 0.260. The van der Waals surface area contributed by atoms with Crippen LogP contribution in [0.25, 0.3) is 22.0 Å². The van der Waals surface area contributed by atoms with E-state index in [4.69, 9.17) is 16.9 Å². The Morgan fingerprint density at radius 3 is 2.35 bits per heavy atom. The number of aliphatic hydroxyl groups excluding tert-OH is 2. The molecule has 0 unspecified atom stereocenters. The van der Waals surface area contributed by atoms with Crippen molar-refractivity contribution in [3.05, 3.63) is 57.9 Å². The Morgan fingerprint density at radius 2 is 1.77 bits per heavy atom. The fourth-order valence-electron chi connectivity index (χ4n) is 3.09. The van der Waals surface area contributed by atoms with Crippen LogP contribution in [0.2, 0.25) is 0 Å². The van der Waals surface area contributed by atoms with Crippen LogP contribution in [-0.2, 0) is 20.3 Å². The Labute approximate surface area is 150 Å². The highest BCUT2D eigenvalue weighted by atomic mass is 16.5. The number of para-hydroxylation sites is 1. The van der Waals surface area contributed by atoms with E-state index in [9.17, 15) is 15.0 Å². The van der Waals surface area contributed by atoms with Gasteiger partial charge in [-0.2, -0.15) is 0 Å². The van der Waals surface area contributed by atoms with Crippen LogP contribution in [0.4, 0.5) is 5.69 Å². The number of nitrogens with zero attached hydrogens (tertiary/aromatic N) is 1. The molecule has 1 aromatic heterocycles. The van der Waals surface area contributed by atoms with Crippen molar-refractivity contribution in [3.63, 3.8) is 0 Å². The first-order chi connectivity index (χ1) is 12.5. The molecule has 0 saturated heterocycles. The van der Waals surface area contributed by atoms with Crippen LogP contribution in [0.5, 0.6) is 5.75 Å². The third kappa shape index (κ3) is 2.69. The van der Waals surface area contributed by atoms with Gasteiger partial charge in [0.15, 0.2) is 5.75 Å². The molecule has 0 spiro atoms. The molecule has 0 amide bonds. The highest BCUT2D eigenvalue weighted by Gasteiger charge is 2.20. The molecule has 6 heteroatoms. The molecule has 3 rings (SSSR count). The second-order valence-corrected chi connectivity index (χ2v) is 5.83. The molecule has 0 fully saturated rings. The van der Waals surface area contributed by atoms with Crippen LogP contribution in [-0.4, -0.2) is 14.8 Å². The molecule has 0 atom stereocenters. The molecule has 0 aliphatic rings. The van der Waals surface area contributed by atoms with Gasteiger partial charge in [-0.1, -0.05) is 24.6 Å². The van der Waals surface area contributed by atoms with E-state index in [2.05, 4.69) is 6.11 Å². The number of hydrogen-bond acceptors (Lipinski definition) is 5. The summed E-state index contributed by atoms with van der Waals surface area (Å²) in [6.07, 6.45) is 7.52. The highest BCUT2D eigenvalue weighted by molar-refractivity contribution is 5.96. The lowest BCUT2D eigenvalue weighted by atomic mass is 9.99. The SMILES string of the molecule is C#COc1c(-c2ccccc2N)n(C)c(=O)c2cc(CO)c(CO)cc12. The van der Waals surface area contributed by atoms with E-state index in [1.54, 1.807) is 43.4 Å². The predicted octanol–water partition coefficient (Wildman–Crippen LogP) is 1.74. The first kappa shape index (κ1) is 17.5. The van der Waals surface area contributed by atoms with Gasteiger partial charge in [-0.25, -0.2) is 0 Å². The number of hydrogen-bond donors (Lipinski definition) is 3. The molecule has 0 radical (unpaired) electrons. The molecular weight excluding hydrogens is 332 g/mol. The fourth-order valence-corrected chi connectivity index (χ4v) is 3.09. The normalized spacial score (nSPS) is 10.7. The van der Waals surface area contributed by atoms with Crippen molar-refractivity contribution in [2.24, 2.45) is 7.05 Å². The van der Waals surface area contributed by atoms with Crippen LogP contribution >= 0.6 is 0 Å². The van der Waals surface area contributed by atoms with Gasteiger partial charge in [0.2, 0.25) is 0 Å². The second-order valence-electron chi connectivity index (χ2n) is 5.83. The minimum atomic E-state index is -0.298. The molecular formula is C20H18N2O4. The van der Waals surface area contributed by atoms with E-state index in [1.165, 1.54) is 4.57 Å². The van der Waals surface area contributed by atoms with Crippen molar-refractivity contribution in [3.8, 4) is 29.5 Å². The Bertz CT molecular complexity index is 1090. The summed E-state index contributed by atoms with van der Waals surface area (Å²) in [5.41, 5.74) is 8.27. The maximum Gasteiger partial charge on any atom is 0.258 e. The zero-order valence-electron chi connectivity index (χ0n) is 14.2. The first-order valence-electron chi connectivity index (χ1n) is 7.91. The molecule has 6 nitrogen and oxygen atoms in total. The van der Waals surface area contributed by atoms with Gasteiger partial charge in [0.25, 0.3) is 5.56 Å². The number of aliphatic hydroxyl groups is 2. The van der Waals surface area contributed by atoms with Gasteiger partial charge in [0.1, 0.15) is 6.11 Å². The maximum absolute atomic E-state index is 12.9. The zero-order chi connectivity index (χ0) is 18.8. The van der Waals surface area contributed by atoms with Crippen molar-refractivity contribution >= 4 is 16.5 Å². The number of anilines is 1. The van der Waals surface area contributed by atoms with E-state index in [-0.39, 0.29) is 18.8 Å². The molecule has 4 N–H and O–H groups in total. The number of fused-ring (bicyclic) bond motifs is 1. The highest BCUT2D eigenvalue weighted by Crippen LogP contribution is 2.38. The molecule has 0 bridgehead atoms. The molecule has 0 aliphatic heterocycles. The number of terminal acetylenes is 1. The molecule has 132 valence electrons. The summed E-state index contributed by atoms with van der Waals surface area (Å²) in [7, 11) is 1.60. The summed E-state index contributed by atoms with van der Waals surface area (Å²) in [5.74, 6) is 0.293. The van der Waals surface area contributed by atoms with Crippen LogP contribution in [0.1, 0.15) is 11.1 Å². The van der Waals surface area contributed by atoms with Crippen LogP contribution in [0.15, 0.2) is 41.2 Å². The topological polar surface area (TPSA) is 97.7 Å². The number of aromatic nitrogens is 1. The number of benzene rings is 2. The predicted molar refractivity (Wildman–Crippen MR) is 100 cm³/mol. The van der Waals surface area contributed by atoms with Gasteiger partial charge in [0.05, 0.1) is 24.3 Å². The van der Waals surface area contributed by atoms with E-state index in [1.807, 2.05) is 0 Å². The zero-order valence-corrected chi connectivity index (χ0v) is 14.2.